The molecule has 2 aromatic carbocycles. The first kappa shape index (κ1) is 45.2. The van der Waals surface area contributed by atoms with Crippen LogP contribution in [0, 0.1) is 17.8 Å². The molecule has 2 aromatic rings. The Morgan fingerprint density at radius 2 is 1.25 bits per heavy atom. The summed E-state index contributed by atoms with van der Waals surface area (Å²) in [6, 6.07) is 17.2. The fourth-order valence-electron chi connectivity index (χ4n) is 9.50. The minimum atomic E-state index is -0.767. The number of amides is 4. The molecule has 0 spiro atoms. The molecule has 332 valence electrons. The second-order valence-electron chi connectivity index (χ2n) is 17.4. The summed E-state index contributed by atoms with van der Waals surface area (Å²) >= 11 is 0. The van der Waals surface area contributed by atoms with E-state index in [1.165, 1.54) is 14.2 Å². The Morgan fingerprint density at radius 1 is 0.705 bits per heavy atom. The number of benzene rings is 2. The van der Waals surface area contributed by atoms with Crippen molar-refractivity contribution in [2.24, 2.45) is 17.8 Å². The first-order chi connectivity index (χ1) is 29.3. The van der Waals surface area contributed by atoms with Crippen LogP contribution in [0.4, 0.5) is 14.4 Å². The third-order valence-corrected chi connectivity index (χ3v) is 12.3. The summed E-state index contributed by atoms with van der Waals surface area (Å²) in [6.07, 6.45) is 4.54. The first-order valence-corrected chi connectivity index (χ1v) is 21.4. The lowest BCUT2D eigenvalue weighted by Gasteiger charge is -2.36. The monoisotopic (exact) mass is 847 g/mol. The van der Waals surface area contributed by atoms with Crippen molar-refractivity contribution in [1.29, 1.82) is 0 Å². The predicted octanol–water partition coefficient (Wildman–Crippen LogP) is 5.03. The molecular weight excluding hydrogens is 787 g/mol. The third kappa shape index (κ3) is 11.1. The zero-order valence-electron chi connectivity index (χ0n) is 35.9. The second kappa shape index (κ2) is 20.5. The predicted molar refractivity (Wildman–Crippen MR) is 222 cm³/mol. The lowest BCUT2D eigenvalue weighted by atomic mass is 9.83. The average Bonchev–Trinajstić information content (AvgIpc) is 4.07. The number of hydrogen-bond donors (Lipinski definition) is 2. The summed E-state index contributed by atoms with van der Waals surface area (Å²) in [5.41, 5.74) is 1.10. The average molecular weight is 848 g/mol. The van der Waals surface area contributed by atoms with Crippen LogP contribution in [0.2, 0.25) is 0 Å². The molecule has 7 atom stereocenters. The topological polar surface area (TPSA) is 182 Å². The van der Waals surface area contributed by atoms with Crippen molar-refractivity contribution in [2.75, 3.05) is 40.4 Å². The smallest absolute Gasteiger partial charge is 0.410 e. The molecule has 16 nitrogen and oxygen atoms in total. The molecule has 0 unspecified atom stereocenters. The van der Waals surface area contributed by atoms with Crippen molar-refractivity contribution in [2.45, 2.75) is 115 Å². The second-order valence-corrected chi connectivity index (χ2v) is 17.4. The van der Waals surface area contributed by atoms with Crippen molar-refractivity contribution in [3.63, 3.8) is 0 Å². The van der Waals surface area contributed by atoms with Gasteiger partial charge in [-0.15, -0.1) is 0 Å². The highest BCUT2D eigenvalue weighted by Gasteiger charge is 2.56. The number of hydrogen-bond acceptors (Lipinski definition) is 12. The van der Waals surface area contributed by atoms with Gasteiger partial charge in [-0.1, -0.05) is 79.9 Å². The van der Waals surface area contributed by atoms with Crippen LogP contribution in [-0.4, -0.2) is 127 Å². The molecule has 4 aliphatic heterocycles. The highest BCUT2D eigenvalue weighted by molar-refractivity contribution is 5.88. The number of likely N-dealkylation sites (tertiary alicyclic amines) is 3. The van der Waals surface area contributed by atoms with Crippen LogP contribution in [0.15, 0.2) is 60.7 Å². The van der Waals surface area contributed by atoms with Gasteiger partial charge in [-0.3, -0.25) is 14.4 Å². The van der Waals surface area contributed by atoms with Gasteiger partial charge in [-0.25, -0.2) is 14.4 Å². The Hall–Kier alpha value is -5.38. The van der Waals surface area contributed by atoms with Crippen molar-refractivity contribution in [1.82, 2.24) is 25.3 Å². The number of ether oxygens (including phenoxy) is 5. The Labute approximate surface area is 357 Å². The molecule has 5 fully saturated rings. The zero-order chi connectivity index (χ0) is 43.7. The van der Waals surface area contributed by atoms with Crippen LogP contribution in [0.1, 0.15) is 76.8 Å². The Bertz CT molecular complexity index is 1840. The van der Waals surface area contributed by atoms with Gasteiger partial charge in [0.1, 0.15) is 24.9 Å². The molecule has 61 heavy (non-hydrogen) atoms. The van der Waals surface area contributed by atoms with Gasteiger partial charge in [0, 0.05) is 25.7 Å². The van der Waals surface area contributed by atoms with E-state index in [9.17, 15) is 28.8 Å². The van der Waals surface area contributed by atoms with Crippen molar-refractivity contribution >= 4 is 36.1 Å². The molecule has 1 aliphatic carbocycles. The van der Waals surface area contributed by atoms with Crippen LogP contribution >= 0.6 is 0 Å². The Kier molecular flexibility index (Phi) is 15.1. The van der Waals surface area contributed by atoms with Gasteiger partial charge < -0.3 is 49.0 Å². The fraction of sp³-hybridized carbons (Fsp3) is 0.600. The van der Waals surface area contributed by atoms with Gasteiger partial charge in [-0.2, -0.15) is 0 Å². The van der Waals surface area contributed by atoms with Crippen LogP contribution < -0.4 is 10.6 Å². The van der Waals surface area contributed by atoms with E-state index in [0.29, 0.717) is 19.5 Å². The standard InChI is InChI=1S/C29H41N3O7.C16H20N2O4/c1-29(2,3)39-27(35)30-23(20-13-9-6-10-14-20)25(33)31-16-15-22-24(31)21(26(34)37-4)17-32(22)28(36)38-18-19-11-7-5-8-12-19;1-21-15(19)12-9-18(13-7-8-17-14(12)13)16(20)22-10-11-5-3-2-4-6-11/h5,7-8,11-12,20-24H,6,9-10,13-18H2,1-4H3,(H,30,35);2-6,12-14,17H,7-10H2,1H3/t21-,22+,23-,24+;12-,13+,14+/m00/s1. The number of rotatable bonds is 9. The molecule has 0 radical (unpaired) electrons. The number of nitrogens with one attached hydrogen (secondary N) is 2. The number of methoxy groups -OCH3 is 2. The van der Waals surface area contributed by atoms with E-state index in [2.05, 4.69) is 10.6 Å². The molecule has 4 heterocycles. The van der Waals surface area contributed by atoms with Gasteiger partial charge >= 0.3 is 30.2 Å². The van der Waals surface area contributed by atoms with Gasteiger partial charge in [-0.05, 0) is 70.0 Å². The summed E-state index contributed by atoms with van der Waals surface area (Å²) < 4.78 is 26.4. The number of alkyl carbamates (subject to hydrolysis) is 1. The van der Waals surface area contributed by atoms with E-state index in [0.717, 1.165) is 56.2 Å². The molecule has 5 aliphatic rings. The third-order valence-electron chi connectivity index (χ3n) is 12.3. The Balaban J connectivity index is 0.000000238. The van der Waals surface area contributed by atoms with E-state index < -0.39 is 41.8 Å². The molecule has 7 rings (SSSR count). The lowest BCUT2D eigenvalue weighted by Crippen LogP contribution is -2.56. The minimum absolute atomic E-state index is 0.00683. The molecule has 4 amide bonds. The highest BCUT2D eigenvalue weighted by Crippen LogP contribution is 2.39. The first-order valence-electron chi connectivity index (χ1n) is 21.4. The summed E-state index contributed by atoms with van der Waals surface area (Å²) in [6.45, 7) is 7.30. The van der Waals surface area contributed by atoms with Gasteiger partial charge in [0.25, 0.3) is 0 Å². The van der Waals surface area contributed by atoms with Crippen molar-refractivity contribution < 1.29 is 52.5 Å². The van der Waals surface area contributed by atoms with E-state index in [4.69, 9.17) is 23.7 Å². The molecule has 2 N–H and O–H groups in total. The van der Waals surface area contributed by atoms with Gasteiger partial charge in [0.15, 0.2) is 0 Å². The normalized spacial score (nSPS) is 25.0. The summed E-state index contributed by atoms with van der Waals surface area (Å²) in [7, 11) is 2.69. The van der Waals surface area contributed by atoms with Crippen molar-refractivity contribution in [3.05, 3.63) is 71.8 Å². The van der Waals surface area contributed by atoms with Crippen LogP contribution in [-0.2, 0) is 51.3 Å². The summed E-state index contributed by atoms with van der Waals surface area (Å²) in [4.78, 5) is 81.9. The molecule has 0 aromatic heterocycles. The fourth-order valence-corrected chi connectivity index (χ4v) is 9.50. The Morgan fingerprint density at radius 3 is 1.80 bits per heavy atom. The molecular formula is C45H61N5O11. The van der Waals surface area contributed by atoms with Crippen molar-refractivity contribution in [3.8, 4) is 0 Å². The zero-order valence-corrected chi connectivity index (χ0v) is 35.9. The number of esters is 2. The summed E-state index contributed by atoms with van der Waals surface area (Å²) in [5.74, 6) is -2.04. The van der Waals surface area contributed by atoms with E-state index >= 15 is 0 Å². The van der Waals surface area contributed by atoms with E-state index in [-0.39, 0.29) is 67.7 Å². The molecule has 0 bridgehead atoms. The van der Waals surface area contributed by atoms with Crippen LogP contribution in [0.3, 0.4) is 0 Å². The molecule has 1 saturated carbocycles. The molecule has 16 heteroatoms. The maximum atomic E-state index is 14.1. The quantitative estimate of drug-likeness (QED) is 0.254. The SMILES string of the molecule is COC(=O)[C@H]1CN(C(=O)OCc2ccccc2)[C@@H]2CCN(C(=O)[C@@H](NC(=O)OC(C)(C)C)C3CCCCC3)[C@H]12.COC(=O)[C@H]1CN(C(=O)OCc2ccccc2)[C@@H]2CCN[C@H]12. The number of nitrogens with zero attached hydrogens (tertiary/aromatic N) is 3. The van der Waals surface area contributed by atoms with Gasteiger partial charge in [0.2, 0.25) is 5.91 Å². The number of fused-ring (bicyclic) bond motifs is 2. The number of carbonyl (C=O) groups is 6. The summed E-state index contributed by atoms with van der Waals surface area (Å²) in [5, 5.41) is 6.15. The number of carbonyl (C=O) groups excluding carboxylic acids is 6. The minimum Gasteiger partial charge on any atom is -0.469 e. The van der Waals surface area contributed by atoms with Gasteiger partial charge in [0.05, 0.1) is 44.2 Å². The van der Waals surface area contributed by atoms with E-state index in [1.807, 2.05) is 60.7 Å². The highest BCUT2D eigenvalue weighted by atomic mass is 16.6. The maximum Gasteiger partial charge on any atom is 0.410 e. The van der Waals surface area contributed by atoms with Crippen LogP contribution in [0.5, 0.6) is 0 Å². The molecule has 4 saturated heterocycles. The maximum absolute atomic E-state index is 14.1. The van der Waals surface area contributed by atoms with Crippen LogP contribution in [0.25, 0.3) is 0 Å². The van der Waals surface area contributed by atoms with E-state index in [1.54, 1.807) is 35.5 Å². The largest absolute Gasteiger partial charge is 0.469 e. The lowest BCUT2D eigenvalue weighted by molar-refractivity contribution is -0.148.